The molecule has 1 aliphatic rings. The van der Waals surface area contributed by atoms with E-state index in [0.29, 0.717) is 22.9 Å². The molecule has 0 radical (unpaired) electrons. The van der Waals surface area contributed by atoms with Gasteiger partial charge in [-0.05, 0) is 24.5 Å². The second kappa shape index (κ2) is 4.58. The summed E-state index contributed by atoms with van der Waals surface area (Å²) < 4.78 is 0. The minimum atomic E-state index is 0.360. The van der Waals surface area contributed by atoms with Gasteiger partial charge in [-0.2, -0.15) is 0 Å². The minimum Gasteiger partial charge on any atom is -0.351 e. The third-order valence-electron chi connectivity index (χ3n) is 3.05. The third-order valence-corrected chi connectivity index (χ3v) is 3.66. The summed E-state index contributed by atoms with van der Waals surface area (Å²) in [7, 11) is 0. The zero-order valence-corrected chi connectivity index (χ0v) is 10.2. The van der Waals surface area contributed by atoms with Crippen molar-refractivity contribution >= 4 is 29.0 Å². The van der Waals surface area contributed by atoms with Crippen molar-refractivity contribution < 1.29 is 0 Å². The lowest BCUT2D eigenvalue weighted by Gasteiger charge is -2.26. The minimum absolute atomic E-state index is 0.360. The first-order valence-electron chi connectivity index (χ1n) is 5.17. The van der Waals surface area contributed by atoms with Crippen LogP contribution in [0.1, 0.15) is 13.3 Å². The highest BCUT2D eigenvalue weighted by atomic mass is 35.5. The first kappa shape index (κ1) is 11.0. The van der Waals surface area contributed by atoms with Gasteiger partial charge in [-0.25, -0.2) is 4.98 Å². The molecule has 0 amide bonds. The number of hydrogen-bond donors (Lipinski definition) is 0. The van der Waals surface area contributed by atoms with Crippen molar-refractivity contribution in [3.05, 3.63) is 23.4 Å². The van der Waals surface area contributed by atoms with Crippen LogP contribution in [0.4, 0.5) is 5.82 Å². The second-order valence-corrected chi connectivity index (χ2v) is 4.71. The maximum Gasteiger partial charge on any atom is 0.147 e. The fourth-order valence-corrected chi connectivity index (χ4v) is 2.80. The van der Waals surface area contributed by atoms with Crippen molar-refractivity contribution in [2.75, 3.05) is 17.3 Å². The maximum absolute atomic E-state index is 6.13. The van der Waals surface area contributed by atoms with Crippen molar-refractivity contribution in [1.29, 1.82) is 0 Å². The van der Waals surface area contributed by atoms with Crippen molar-refractivity contribution in [1.82, 2.24) is 4.98 Å². The summed E-state index contributed by atoms with van der Waals surface area (Å²) in [6.45, 7) is 3.22. The van der Waals surface area contributed by atoms with Crippen molar-refractivity contribution in [2.24, 2.45) is 5.92 Å². The van der Waals surface area contributed by atoms with Gasteiger partial charge in [0.05, 0.1) is 5.02 Å². The molecule has 1 aromatic heterocycles. The molecule has 2 unspecified atom stereocenters. The SMILES string of the molecule is CC1CCN(c2ncccc2Cl)C1CCl. The molecule has 15 heavy (non-hydrogen) atoms. The molecule has 4 heteroatoms. The van der Waals surface area contributed by atoms with Gasteiger partial charge in [-0.1, -0.05) is 18.5 Å². The molecular formula is C11H14Cl2N2. The predicted molar refractivity (Wildman–Crippen MR) is 64.9 cm³/mol. The molecule has 82 valence electrons. The van der Waals surface area contributed by atoms with Gasteiger partial charge >= 0.3 is 0 Å². The number of anilines is 1. The van der Waals surface area contributed by atoms with Crippen LogP contribution in [0.2, 0.25) is 5.02 Å². The van der Waals surface area contributed by atoms with Gasteiger partial charge < -0.3 is 4.90 Å². The highest BCUT2D eigenvalue weighted by Crippen LogP contribution is 2.32. The molecule has 1 saturated heterocycles. The van der Waals surface area contributed by atoms with E-state index in [1.807, 2.05) is 12.1 Å². The largest absolute Gasteiger partial charge is 0.351 e. The van der Waals surface area contributed by atoms with E-state index in [2.05, 4.69) is 16.8 Å². The van der Waals surface area contributed by atoms with Gasteiger partial charge in [0, 0.05) is 24.7 Å². The highest BCUT2D eigenvalue weighted by Gasteiger charge is 2.32. The van der Waals surface area contributed by atoms with E-state index in [4.69, 9.17) is 23.2 Å². The lowest BCUT2D eigenvalue weighted by atomic mass is 10.1. The fourth-order valence-electron chi connectivity index (χ4n) is 2.10. The molecule has 0 saturated carbocycles. The first-order valence-corrected chi connectivity index (χ1v) is 6.08. The number of rotatable bonds is 2. The molecule has 2 atom stereocenters. The Morgan fingerprint density at radius 1 is 1.60 bits per heavy atom. The van der Waals surface area contributed by atoms with E-state index in [0.717, 1.165) is 18.8 Å². The number of hydrogen-bond acceptors (Lipinski definition) is 2. The molecule has 1 fully saturated rings. The molecule has 0 spiro atoms. The van der Waals surface area contributed by atoms with Gasteiger partial charge in [0.2, 0.25) is 0 Å². The summed E-state index contributed by atoms with van der Waals surface area (Å²) in [5.41, 5.74) is 0. The Balaban J connectivity index is 2.28. The van der Waals surface area contributed by atoms with Gasteiger partial charge in [-0.3, -0.25) is 0 Å². The maximum atomic E-state index is 6.13. The van der Waals surface area contributed by atoms with E-state index in [1.54, 1.807) is 6.20 Å². The molecule has 0 N–H and O–H groups in total. The number of halogens is 2. The summed E-state index contributed by atoms with van der Waals surface area (Å²) in [6, 6.07) is 4.08. The predicted octanol–water partition coefficient (Wildman–Crippen LogP) is 3.19. The average molecular weight is 245 g/mol. The summed E-state index contributed by atoms with van der Waals surface area (Å²) in [5.74, 6) is 2.11. The van der Waals surface area contributed by atoms with Crippen LogP contribution in [-0.4, -0.2) is 23.5 Å². The summed E-state index contributed by atoms with van der Waals surface area (Å²) in [5, 5.41) is 0.710. The van der Waals surface area contributed by atoms with Crippen molar-refractivity contribution in [3.8, 4) is 0 Å². The van der Waals surface area contributed by atoms with Gasteiger partial charge in [0.15, 0.2) is 0 Å². The van der Waals surface area contributed by atoms with Gasteiger partial charge in [0.1, 0.15) is 5.82 Å². The zero-order valence-electron chi connectivity index (χ0n) is 8.66. The van der Waals surface area contributed by atoms with E-state index in [1.165, 1.54) is 0 Å². The molecule has 1 aliphatic heterocycles. The number of aromatic nitrogens is 1. The van der Waals surface area contributed by atoms with E-state index in [-0.39, 0.29) is 0 Å². The molecule has 2 heterocycles. The number of pyridine rings is 1. The molecule has 2 nitrogen and oxygen atoms in total. The summed E-state index contributed by atoms with van der Waals surface area (Å²) >= 11 is 12.1. The van der Waals surface area contributed by atoms with Crippen LogP contribution < -0.4 is 4.90 Å². The summed E-state index contributed by atoms with van der Waals surface area (Å²) in [4.78, 5) is 6.55. The zero-order chi connectivity index (χ0) is 10.8. The van der Waals surface area contributed by atoms with Gasteiger partial charge in [0.25, 0.3) is 0 Å². The van der Waals surface area contributed by atoms with E-state index >= 15 is 0 Å². The Morgan fingerprint density at radius 2 is 2.40 bits per heavy atom. The molecule has 1 aromatic rings. The monoisotopic (exact) mass is 244 g/mol. The molecule has 0 aromatic carbocycles. The number of nitrogens with zero attached hydrogens (tertiary/aromatic N) is 2. The first-order chi connectivity index (χ1) is 7.24. The van der Waals surface area contributed by atoms with Crippen LogP contribution >= 0.6 is 23.2 Å². The third kappa shape index (κ3) is 2.06. The summed E-state index contributed by atoms with van der Waals surface area (Å²) in [6.07, 6.45) is 2.93. The topological polar surface area (TPSA) is 16.1 Å². The van der Waals surface area contributed by atoms with Crippen LogP contribution in [0.15, 0.2) is 18.3 Å². The number of alkyl halides is 1. The standard InChI is InChI=1S/C11H14Cl2N2/c1-8-4-6-15(10(8)7-12)11-9(13)3-2-5-14-11/h2-3,5,8,10H,4,6-7H2,1H3. The van der Waals surface area contributed by atoms with E-state index < -0.39 is 0 Å². The van der Waals surface area contributed by atoms with Crippen molar-refractivity contribution in [3.63, 3.8) is 0 Å². The second-order valence-electron chi connectivity index (χ2n) is 3.99. The smallest absolute Gasteiger partial charge is 0.147 e. The lowest BCUT2D eigenvalue weighted by molar-refractivity contribution is 0.548. The van der Waals surface area contributed by atoms with Crippen LogP contribution in [0.5, 0.6) is 0 Å². The molecule has 2 rings (SSSR count). The molecular weight excluding hydrogens is 231 g/mol. The van der Waals surface area contributed by atoms with Crippen LogP contribution in [0, 0.1) is 5.92 Å². The van der Waals surface area contributed by atoms with Crippen molar-refractivity contribution in [2.45, 2.75) is 19.4 Å². The molecule has 0 bridgehead atoms. The van der Waals surface area contributed by atoms with Crippen LogP contribution in [-0.2, 0) is 0 Å². The Hall–Kier alpha value is -0.470. The van der Waals surface area contributed by atoms with Crippen LogP contribution in [0.3, 0.4) is 0 Å². The quantitative estimate of drug-likeness (QED) is 0.744. The Labute approximate surface area is 100 Å². The Kier molecular flexibility index (Phi) is 3.37. The normalized spacial score (nSPS) is 25.9. The Bertz CT molecular complexity index is 343. The average Bonchev–Trinajstić information content (AvgIpc) is 2.60. The lowest BCUT2D eigenvalue weighted by Crippen LogP contribution is -2.34. The fraction of sp³-hybridized carbons (Fsp3) is 0.545. The highest BCUT2D eigenvalue weighted by molar-refractivity contribution is 6.33. The molecule has 0 aliphatic carbocycles. The van der Waals surface area contributed by atoms with Gasteiger partial charge in [-0.15, -0.1) is 11.6 Å². The Morgan fingerprint density at radius 3 is 3.07 bits per heavy atom. The van der Waals surface area contributed by atoms with Crippen LogP contribution in [0.25, 0.3) is 0 Å². The van der Waals surface area contributed by atoms with E-state index in [9.17, 15) is 0 Å².